The number of ether oxygens (including phenoxy) is 2. The molecule has 3 aromatic rings. The van der Waals surface area contributed by atoms with Gasteiger partial charge in [-0.3, -0.25) is 9.36 Å². The maximum atomic E-state index is 13.6. The number of carbonyl (C=O) groups is 1. The quantitative estimate of drug-likeness (QED) is 0.321. The highest BCUT2D eigenvalue weighted by Gasteiger charge is 2.33. The van der Waals surface area contributed by atoms with Gasteiger partial charge in [0.15, 0.2) is 4.80 Å². The van der Waals surface area contributed by atoms with Crippen LogP contribution < -0.4 is 19.6 Å². The molecule has 0 spiro atoms. The van der Waals surface area contributed by atoms with Crippen molar-refractivity contribution < 1.29 is 14.3 Å². The average Bonchev–Trinajstić information content (AvgIpc) is 3.10. The van der Waals surface area contributed by atoms with Gasteiger partial charge in [0.25, 0.3) is 5.56 Å². The van der Waals surface area contributed by atoms with E-state index >= 15 is 0 Å². The minimum absolute atomic E-state index is 0.187. The van der Waals surface area contributed by atoms with E-state index in [0.29, 0.717) is 27.2 Å². The Bertz CT molecular complexity index is 1450. The molecule has 2 aromatic carbocycles. The Morgan fingerprint density at radius 1 is 1.15 bits per heavy atom. The molecule has 0 saturated heterocycles. The Labute approximate surface area is 215 Å². The zero-order chi connectivity index (χ0) is 24.4. The normalized spacial score (nSPS) is 15.7. The van der Waals surface area contributed by atoms with Crippen LogP contribution in [-0.2, 0) is 9.53 Å². The van der Waals surface area contributed by atoms with Crippen LogP contribution in [0.3, 0.4) is 0 Å². The van der Waals surface area contributed by atoms with E-state index in [0.717, 1.165) is 26.0 Å². The first-order chi connectivity index (χ1) is 16.3. The van der Waals surface area contributed by atoms with Gasteiger partial charge >= 0.3 is 5.97 Å². The standard InChI is InChI=1S/C26H25IN2O4S/c1-5-32-20-12-9-17(13-19(20)27)14-21-24(30)29-23(18-10-7-15(3)8-11-18)22(25(31)33-6-2)16(4)28-26(29)34-21/h7-14,23H,5-6H2,1-4H3/b21-14+/t23-/m1/s1. The van der Waals surface area contributed by atoms with E-state index < -0.39 is 12.0 Å². The summed E-state index contributed by atoms with van der Waals surface area (Å²) in [6, 6.07) is 13.1. The van der Waals surface area contributed by atoms with E-state index in [9.17, 15) is 9.59 Å². The molecule has 1 aliphatic rings. The first kappa shape index (κ1) is 24.4. The molecule has 1 aromatic heterocycles. The Balaban J connectivity index is 1.89. The van der Waals surface area contributed by atoms with Gasteiger partial charge in [-0.1, -0.05) is 47.2 Å². The van der Waals surface area contributed by atoms with E-state index in [4.69, 9.17) is 9.47 Å². The van der Waals surface area contributed by atoms with E-state index in [1.807, 2.05) is 62.4 Å². The predicted molar refractivity (Wildman–Crippen MR) is 142 cm³/mol. The Morgan fingerprint density at radius 3 is 2.53 bits per heavy atom. The Hall–Kier alpha value is -2.72. The number of nitrogens with zero attached hydrogens (tertiary/aromatic N) is 2. The SMILES string of the molecule is CCOC(=O)C1=C(C)N=c2s/c(=C/c3ccc(OCC)c(I)c3)c(=O)n2[C@@H]1c1ccc(C)cc1. The minimum Gasteiger partial charge on any atom is -0.493 e. The van der Waals surface area contributed by atoms with Crippen LogP contribution in [-0.4, -0.2) is 23.8 Å². The summed E-state index contributed by atoms with van der Waals surface area (Å²) in [4.78, 5) is 31.7. The molecule has 8 heteroatoms. The Kier molecular flexibility index (Phi) is 7.37. The second-order valence-electron chi connectivity index (χ2n) is 7.84. The molecule has 2 heterocycles. The lowest BCUT2D eigenvalue weighted by molar-refractivity contribution is -0.139. The van der Waals surface area contributed by atoms with Crippen LogP contribution in [0.25, 0.3) is 6.08 Å². The number of rotatable bonds is 6. The molecule has 0 amide bonds. The van der Waals surface area contributed by atoms with Crippen LogP contribution in [0.15, 0.2) is 63.5 Å². The number of carbonyl (C=O) groups excluding carboxylic acids is 1. The molecule has 0 saturated carbocycles. The third-order valence-electron chi connectivity index (χ3n) is 5.46. The number of halogens is 1. The summed E-state index contributed by atoms with van der Waals surface area (Å²) < 4.78 is 14.1. The topological polar surface area (TPSA) is 69.9 Å². The molecule has 1 atom stereocenters. The number of benzene rings is 2. The summed E-state index contributed by atoms with van der Waals surface area (Å²) in [5.74, 6) is 0.362. The highest BCUT2D eigenvalue weighted by atomic mass is 127. The van der Waals surface area contributed by atoms with Crippen LogP contribution in [0.5, 0.6) is 5.75 Å². The van der Waals surface area contributed by atoms with Crippen LogP contribution in [0.1, 0.15) is 43.5 Å². The number of hydrogen-bond acceptors (Lipinski definition) is 6. The minimum atomic E-state index is -0.599. The lowest BCUT2D eigenvalue weighted by atomic mass is 9.95. The summed E-state index contributed by atoms with van der Waals surface area (Å²) in [6.07, 6.45) is 1.86. The van der Waals surface area contributed by atoms with Crippen molar-refractivity contribution in [2.75, 3.05) is 13.2 Å². The molecular formula is C26H25IN2O4S. The highest BCUT2D eigenvalue weighted by molar-refractivity contribution is 14.1. The maximum absolute atomic E-state index is 13.6. The predicted octanol–water partition coefficient (Wildman–Crippen LogP) is 4.11. The molecule has 0 N–H and O–H groups in total. The second-order valence-corrected chi connectivity index (χ2v) is 10.0. The summed E-state index contributed by atoms with van der Waals surface area (Å²) in [7, 11) is 0. The van der Waals surface area contributed by atoms with E-state index in [1.54, 1.807) is 18.4 Å². The number of hydrogen-bond donors (Lipinski definition) is 0. The third-order valence-corrected chi connectivity index (χ3v) is 7.29. The fourth-order valence-corrected chi connectivity index (χ4v) is 5.63. The van der Waals surface area contributed by atoms with Crippen molar-refractivity contribution in [2.24, 2.45) is 4.99 Å². The molecular weight excluding hydrogens is 563 g/mol. The van der Waals surface area contributed by atoms with Crippen molar-refractivity contribution in [2.45, 2.75) is 33.7 Å². The van der Waals surface area contributed by atoms with Gasteiger partial charge in [-0.25, -0.2) is 9.79 Å². The van der Waals surface area contributed by atoms with Gasteiger partial charge in [0.05, 0.1) is 38.6 Å². The summed E-state index contributed by atoms with van der Waals surface area (Å²) >= 11 is 3.55. The van der Waals surface area contributed by atoms with Crippen LogP contribution in [0.4, 0.5) is 0 Å². The van der Waals surface area contributed by atoms with Gasteiger partial charge in [0, 0.05) is 0 Å². The van der Waals surface area contributed by atoms with Crippen LogP contribution >= 0.6 is 33.9 Å². The molecule has 176 valence electrons. The molecule has 4 rings (SSSR count). The monoisotopic (exact) mass is 588 g/mol. The van der Waals surface area contributed by atoms with Crippen LogP contribution in [0, 0.1) is 10.5 Å². The molecule has 0 radical (unpaired) electrons. The zero-order valence-corrected chi connectivity index (χ0v) is 22.4. The Morgan fingerprint density at radius 2 is 1.88 bits per heavy atom. The number of fused-ring (bicyclic) bond motifs is 1. The van der Waals surface area contributed by atoms with Crippen molar-refractivity contribution in [1.29, 1.82) is 0 Å². The van der Waals surface area contributed by atoms with Crippen molar-refractivity contribution in [1.82, 2.24) is 4.57 Å². The van der Waals surface area contributed by atoms with E-state index in [2.05, 4.69) is 27.6 Å². The first-order valence-corrected chi connectivity index (χ1v) is 12.9. The van der Waals surface area contributed by atoms with Gasteiger partial charge < -0.3 is 9.47 Å². The van der Waals surface area contributed by atoms with Gasteiger partial charge in [-0.05, 0) is 79.6 Å². The molecule has 0 unspecified atom stereocenters. The number of aromatic nitrogens is 1. The summed E-state index contributed by atoms with van der Waals surface area (Å²) in [5, 5.41) is 0. The summed E-state index contributed by atoms with van der Waals surface area (Å²) in [5.41, 5.74) is 3.59. The lowest BCUT2D eigenvalue weighted by Crippen LogP contribution is -2.39. The second kappa shape index (κ2) is 10.3. The fourth-order valence-electron chi connectivity index (χ4n) is 3.89. The smallest absolute Gasteiger partial charge is 0.338 e. The molecule has 6 nitrogen and oxygen atoms in total. The maximum Gasteiger partial charge on any atom is 0.338 e. The summed E-state index contributed by atoms with van der Waals surface area (Å²) in [6.45, 7) is 8.34. The van der Waals surface area contributed by atoms with Gasteiger partial charge in [-0.15, -0.1) is 0 Å². The largest absolute Gasteiger partial charge is 0.493 e. The number of aryl methyl sites for hydroxylation is 1. The van der Waals surface area contributed by atoms with Crippen molar-refractivity contribution >= 4 is 46.0 Å². The third kappa shape index (κ3) is 4.74. The molecule has 34 heavy (non-hydrogen) atoms. The molecule has 1 aliphatic heterocycles. The highest BCUT2D eigenvalue weighted by Crippen LogP contribution is 2.31. The molecule has 0 fully saturated rings. The van der Waals surface area contributed by atoms with Gasteiger partial charge in [-0.2, -0.15) is 0 Å². The zero-order valence-electron chi connectivity index (χ0n) is 19.4. The van der Waals surface area contributed by atoms with Gasteiger partial charge in [0.1, 0.15) is 5.75 Å². The number of esters is 1. The van der Waals surface area contributed by atoms with Crippen molar-refractivity contribution in [3.63, 3.8) is 0 Å². The average molecular weight is 588 g/mol. The van der Waals surface area contributed by atoms with Gasteiger partial charge in [0.2, 0.25) is 0 Å². The van der Waals surface area contributed by atoms with Crippen LogP contribution in [0.2, 0.25) is 0 Å². The number of allylic oxidation sites excluding steroid dienone is 1. The van der Waals surface area contributed by atoms with E-state index in [1.165, 1.54) is 11.3 Å². The number of thiazole rings is 1. The molecule has 0 aliphatic carbocycles. The lowest BCUT2D eigenvalue weighted by Gasteiger charge is -2.24. The van der Waals surface area contributed by atoms with Crippen molar-refractivity contribution in [3.05, 3.63) is 93.7 Å². The van der Waals surface area contributed by atoms with Crippen molar-refractivity contribution in [3.8, 4) is 5.75 Å². The fraction of sp³-hybridized carbons (Fsp3) is 0.269. The van der Waals surface area contributed by atoms with E-state index in [-0.39, 0.29) is 12.2 Å². The molecule has 0 bridgehead atoms. The first-order valence-electron chi connectivity index (χ1n) is 11.0.